The zero-order valence-corrected chi connectivity index (χ0v) is 12.6. The smallest absolute Gasteiger partial charge is 0.213 e. The van der Waals surface area contributed by atoms with Crippen molar-refractivity contribution in [2.24, 2.45) is 5.92 Å². The maximum atomic E-state index is 5.81. The normalized spacial score (nSPS) is 10.9. The molecule has 0 aliphatic rings. The van der Waals surface area contributed by atoms with Crippen LogP contribution >= 0.6 is 0 Å². The number of nitrogens with one attached hydrogen (secondary N) is 1. The van der Waals surface area contributed by atoms with Gasteiger partial charge in [0.2, 0.25) is 12.2 Å². The molecule has 0 bridgehead atoms. The van der Waals surface area contributed by atoms with Crippen LogP contribution in [0.15, 0.2) is 29.1 Å². The molecule has 0 radical (unpaired) electrons. The second-order valence-corrected chi connectivity index (χ2v) is 5.11. The molecule has 0 aliphatic heterocycles. The lowest BCUT2D eigenvalue weighted by atomic mass is 10.1. The molecule has 0 unspecified atom stereocenters. The third-order valence-electron chi connectivity index (χ3n) is 2.90. The van der Waals surface area contributed by atoms with E-state index in [9.17, 15) is 0 Å². The molecule has 0 amide bonds. The molecule has 0 atom stereocenters. The average Bonchev–Trinajstić information content (AvgIpc) is 2.98. The van der Waals surface area contributed by atoms with Gasteiger partial charge in [-0.05, 0) is 18.5 Å². The molecule has 0 saturated carbocycles. The summed E-state index contributed by atoms with van der Waals surface area (Å²) in [6.45, 7) is 6.25. The summed E-state index contributed by atoms with van der Waals surface area (Å²) in [6.07, 6.45) is 1.28. The highest BCUT2D eigenvalue weighted by atomic mass is 16.5. The van der Waals surface area contributed by atoms with E-state index in [1.54, 1.807) is 7.11 Å². The average molecular weight is 291 g/mol. The fourth-order valence-corrected chi connectivity index (χ4v) is 1.91. The van der Waals surface area contributed by atoms with Crippen LogP contribution in [0.5, 0.6) is 11.5 Å². The lowest BCUT2D eigenvalue weighted by Gasteiger charge is -2.15. The first kappa shape index (κ1) is 15.3. The second kappa shape index (κ2) is 7.64. The van der Waals surface area contributed by atoms with Crippen molar-refractivity contribution in [2.45, 2.75) is 27.0 Å². The molecule has 1 heterocycles. The van der Waals surface area contributed by atoms with E-state index in [1.807, 2.05) is 18.2 Å². The lowest BCUT2D eigenvalue weighted by Crippen LogP contribution is -2.19. The van der Waals surface area contributed by atoms with Crippen LogP contribution in [-0.4, -0.2) is 23.8 Å². The Morgan fingerprint density at radius 3 is 2.86 bits per heavy atom. The van der Waals surface area contributed by atoms with Crippen LogP contribution in [0.1, 0.15) is 25.2 Å². The Labute approximate surface area is 124 Å². The second-order valence-electron chi connectivity index (χ2n) is 5.11. The van der Waals surface area contributed by atoms with Crippen LogP contribution in [0.3, 0.4) is 0 Å². The molecule has 0 aliphatic carbocycles. The Bertz CT molecular complexity index is 541. The van der Waals surface area contributed by atoms with Gasteiger partial charge in [0.05, 0.1) is 7.11 Å². The number of hydrogen-bond acceptors (Lipinski definition) is 6. The van der Waals surface area contributed by atoms with Gasteiger partial charge in [-0.3, -0.25) is 0 Å². The van der Waals surface area contributed by atoms with E-state index in [-0.39, 0.29) is 6.61 Å². The van der Waals surface area contributed by atoms with Gasteiger partial charge in [0, 0.05) is 12.1 Å². The quantitative estimate of drug-likeness (QED) is 0.805. The van der Waals surface area contributed by atoms with Crippen molar-refractivity contribution >= 4 is 0 Å². The number of hydrogen-bond donors (Lipinski definition) is 1. The highest BCUT2D eigenvalue weighted by Crippen LogP contribution is 2.31. The number of methoxy groups -OCH3 is 1. The van der Waals surface area contributed by atoms with E-state index in [2.05, 4.69) is 29.3 Å². The molecule has 2 aromatic rings. The molecule has 1 N–H and O–H groups in total. The summed E-state index contributed by atoms with van der Waals surface area (Å²) >= 11 is 0. The number of aromatic nitrogens is 2. The van der Waals surface area contributed by atoms with Crippen molar-refractivity contribution in [3.63, 3.8) is 0 Å². The summed E-state index contributed by atoms with van der Waals surface area (Å²) in [5.41, 5.74) is 1.04. The van der Waals surface area contributed by atoms with E-state index in [4.69, 9.17) is 14.0 Å². The number of rotatable bonds is 8. The van der Waals surface area contributed by atoms with Gasteiger partial charge >= 0.3 is 0 Å². The van der Waals surface area contributed by atoms with E-state index in [0.29, 0.717) is 23.2 Å². The third-order valence-corrected chi connectivity index (χ3v) is 2.90. The highest BCUT2D eigenvalue weighted by molar-refractivity contribution is 5.46. The van der Waals surface area contributed by atoms with Crippen molar-refractivity contribution < 1.29 is 14.0 Å². The monoisotopic (exact) mass is 291 g/mol. The first-order chi connectivity index (χ1) is 10.2. The zero-order chi connectivity index (χ0) is 15.1. The van der Waals surface area contributed by atoms with Crippen molar-refractivity contribution in [1.82, 2.24) is 15.5 Å². The molecule has 0 saturated heterocycles. The molecular weight excluding hydrogens is 270 g/mol. The fraction of sp³-hybridized carbons (Fsp3) is 0.467. The minimum atomic E-state index is 0.244. The first-order valence-corrected chi connectivity index (χ1v) is 6.95. The summed E-state index contributed by atoms with van der Waals surface area (Å²) in [6, 6.07) is 5.84. The summed E-state index contributed by atoms with van der Waals surface area (Å²) in [7, 11) is 1.63. The van der Waals surface area contributed by atoms with E-state index in [1.165, 1.54) is 6.39 Å². The van der Waals surface area contributed by atoms with Crippen LogP contribution in [0.2, 0.25) is 0 Å². The predicted octanol–water partition coefficient (Wildman–Crippen LogP) is 2.40. The van der Waals surface area contributed by atoms with Gasteiger partial charge in [-0.25, -0.2) is 0 Å². The van der Waals surface area contributed by atoms with Crippen molar-refractivity contribution in [3.05, 3.63) is 36.0 Å². The Kier molecular flexibility index (Phi) is 5.57. The molecule has 21 heavy (non-hydrogen) atoms. The Morgan fingerprint density at radius 2 is 2.19 bits per heavy atom. The fourth-order valence-electron chi connectivity index (χ4n) is 1.91. The van der Waals surface area contributed by atoms with Crippen molar-refractivity contribution in [1.29, 1.82) is 0 Å². The van der Waals surface area contributed by atoms with Crippen LogP contribution in [-0.2, 0) is 13.2 Å². The molecule has 6 heteroatoms. The minimum Gasteiger partial charge on any atom is -0.493 e. The van der Waals surface area contributed by atoms with E-state index >= 15 is 0 Å². The molecule has 0 fully saturated rings. The molecule has 1 aromatic carbocycles. The Morgan fingerprint density at radius 1 is 1.33 bits per heavy atom. The van der Waals surface area contributed by atoms with Gasteiger partial charge in [-0.1, -0.05) is 31.1 Å². The van der Waals surface area contributed by atoms with Gasteiger partial charge in [0.15, 0.2) is 18.1 Å². The van der Waals surface area contributed by atoms with Gasteiger partial charge in [-0.2, -0.15) is 4.98 Å². The molecular formula is C15H21N3O3. The van der Waals surface area contributed by atoms with Crippen LogP contribution in [0.4, 0.5) is 0 Å². The van der Waals surface area contributed by atoms with Crippen molar-refractivity contribution in [2.75, 3.05) is 13.7 Å². The molecule has 1 aromatic heterocycles. The maximum Gasteiger partial charge on any atom is 0.213 e. The van der Waals surface area contributed by atoms with E-state index < -0.39 is 0 Å². The van der Waals surface area contributed by atoms with Gasteiger partial charge in [0.1, 0.15) is 0 Å². The summed E-state index contributed by atoms with van der Waals surface area (Å²) in [5.74, 6) is 2.50. The van der Waals surface area contributed by atoms with Crippen LogP contribution < -0.4 is 14.8 Å². The Balaban J connectivity index is 2.07. The number of nitrogens with zero attached hydrogens (tertiary/aromatic N) is 2. The van der Waals surface area contributed by atoms with Crippen molar-refractivity contribution in [3.8, 4) is 11.5 Å². The lowest BCUT2D eigenvalue weighted by molar-refractivity contribution is 0.266. The zero-order valence-electron chi connectivity index (χ0n) is 12.6. The van der Waals surface area contributed by atoms with Gasteiger partial charge < -0.3 is 19.3 Å². The van der Waals surface area contributed by atoms with Gasteiger partial charge in [-0.15, -0.1) is 0 Å². The minimum absolute atomic E-state index is 0.244. The first-order valence-electron chi connectivity index (χ1n) is 6.95. The summed E-state index contributed by atoms with van der Waals surface area (Å²) in [4.78, 5) is 3.94. The predicted molar refractivity (Wildman–Crippen MR) is 78.2 cm³/mol. The topological polar surface area (TPSA) is 69.4 Å². The van der Waals surface area contributed by atoms with Gasteiger partial charge in [0.25, 0.3) is 0 Å². The summed E-state index contributed by atoms with van der Waals surface area (Å²) < 4.78 is 15.9. The van der Waals surface area contributed by atoms with E-state index in [0.717, 1.165) is 18.7 Å². The maximum absolute atomic E-state index is 5.81. The van der Waals surface area contributed by atoms with Crippen LogP contribution in [0.25, 0.3) is 0 Å². The Hall–Kier alpha value is -2.08. The molecule has 6 nitrogen and oxygen atoms in total. The summed E-state index contributed by atoms with van der Waals surface area (Å²) in [5, 5.41) is 7.13. The molecule has 0 spiro atoms. The SMILES string of the molecule is COc1cccc(CNCC(C)C)c1OCc1ncon1. The number of para-hydroxylation sites is 1. The third kappa shape index (κ3) is 4.46. The number of ether oxygens (including phenoxy) is 2. The standard InChI is InChI=1S/C15H21N3O3/c1-11(2)7-16-8-12-5-4-6-13(19-3)15(12)20-9-14-17-10-21-18-14/h4-6,10-11,16H,7-9H2,1-3H3. The highest BCUT2D eigenvalue weighted by Gasteiger charge is 2.12. The van der Waals surface area contributed by atoms with Crippen LogP contribution in [0, 0.1) is 5.92 Å². The molecule has 114 valence electrons. The largest absolute Gasteiger partial charge is 0.493 e. The number of benzene rings is 1. The molecule has 2 rings (SSSR count).